The first-order chi connectivity index (χ1) is 13.2. The van der Waals surface area contributed by atoms with Crippen LogP contribution in [0.2, 0.25) is 0 Å². The number of methoxy groups -OCH3 is 1. The number of fused-ring (bicyclic) bond motifs is 1. The monoisotopic (exact) mass is 386 g/mol. The summed E-state index contributed by atoms with van der Waals surface area (Å²) in [5.74, 6) is -0.439. The maximum absolute atomic E-state index is 14.4. The van der Waals surface area contributed by atoms with Crippen molar-refractivity contribution >= 4 is 27.3 Å². The van der Waals surface area contributed by atoms with Gasteiger partial charge in [0.25, 0.3) is 5.91 Å². The van der Waals surface area contributed by atoms with Crippen molar-refractivity contribution in [2.75, 3.05) is 20.2 Å². The summed E-state index contributed by atoms with van der Waals surface area (Å²) in [5, 5.41) is 0.478. The van der Waals surface area contributed by atoms with Crippen molar-refractivity contribution in [2.24, 2.45) is 5.73 Å². The Morgan fingerprint density at radius 2 is 1.96 bits per heavy atom. The molecular formula is C21H23FN2O2S. The van der Waals surface area contributed by atoms with E-state index in [0.29, 0.717) is 41.9 Å². The normalized spacial score (nSPS) is 11.1. The van der Waals surface area contributed by atoms with E-state index in [2.05, 4.69) is 0 Å². The van der Waals surface area contributed by atoms with Gasteiger partial charge in [0.2, 0.25) is 0 Å². The highest BCUT2D eigenvalue weighted by molar-refractivity contribution is 7.21. The molecule has 0 spiro atoms. The Morgan fingerprint density at radius 3 is 2.67 bits per heavy atom. The summed E-state index contributed by atoms with van der Waals surface area (Å²) in [5.41, 5.74) is 7.32. The van der Waals surface area contributed by atoms with Crippen LogP contribution in [-0.2, 0) is 17.9 Å². The number of benzene rings is 2. The molecule has 0 saturated heterocycles. The molecule has 1 amide bonds. The highest BCUT2D eigenvalue weighted by Gasteiger charge is 2.24. The van der Waals surface area contributed by atoms with E-state index in [1.165, 1.54) is 17.4 Å². The number of rotatable bonds is 8. The van der Waals surface area contributed by atoms with Crippen molar-refractivity contribution < 1.29 is 13.9 Å². The summed E-state index contributed by atoms with van der Waals surface area (Å²) in [7, 11) is 1.55. The molecule has 0 unspecified atom stereocenters. The average Bonchev–Trinajstić information content (AvgIpc) is 3.05. The van der Waals surface area contributed by atoms with Gasteiger partial charge in [-0.15, -0.1) is 11.3 Å². The molecule has 27 heavy (non-hydrogen) atoms. The number of thiophene rings is 1. The van der Waals surface area contributed by atoms with Gasteiger partial charge in [0, 0.05) is 35.8 Å². The van der Waals surface area contributed by atoms with Gasteiger partial charge in [-0.05, 0) is 30.7 Å². The molecule has 0 aliphatic carbocycles. The summed E-state index contributed by atoms with van der Waals surface area (Å²) >= 11 is 1.32. The van der Waals surface area contributed by atoms with Crippen LogP contribution >= 0.6 is 11.3 Å². The zero-order chi connectivity index (χ0) is 19.2. The number of nitrogens with zero attached hydrogens (tertiary/aromatic N) is 1. The summed E-state index contributed by atoms with van der Waals surface area (Å²) in [6.07, 6.45) is 0.706. The average molecular weight is 386 g/mol. The van der Waals surface area contributed by atoms with Gasteiger partial charge in [0.1, 0.15) is 5.82 Å². The lowest BCUT2D eigenvalue weighted by atomic mass is 10.1. The smallest absolute Gasteiger partial charge is 0.264 e. The van der Waals surface area contributed by atoms with E-state index in [-0.39, 0.29) is 18.3 Å². The van der Waals surface area contributed by atoms with Gasteiger partial charge in [-0.1, -0.05) is 36.4 Å². The second-order valence-electron chi connectivity index (χ2n) is 6.31. The summed E-state index contributed by atoms with van der Waals surface area (Å²) in [6, 6.07) is 14.7. The third-order valence-corrected chi connectivity index (χ3v) is 5.57. The predicted octanol–water partition coefficient (Wildman–Crippen LogP) is 4.18. The summed E-state index contributed by atoms with van der Waals surface area (Å²) in [6.45, 7) is 1.73. The number of ether oxygens (including phenoxy) is 1. The zero-order valence-electron chi connectivity index (χ0n) is 15.3. The lowest BCUT2D eigenvalue weighted by Crippen LogP contribution is -2.32. The first-order valence-electron chi connectivity index (χ1n) is 8.87. The summed E-state index contributed by atoms with van der Waals surface area (Å²) < 4.78 is 20.4. The van der Waals surface area contributed by atoms with Crippen LogP contribution < -0.4 is 5.73 Å². The van der Waals surface area contributed by atoms with E-state index < -0.39 is 0 Å². The minimum Gasteiger partial charge on any atom is -0.380 e. The predicted molar refractivity (Wildman–Crippen MR) is 107 cm³/mol. The molecule has 0 radical (unpaired) electrons. The SMILES string of the molecule is COCc1c(C(=O)N(CCCN)Cc2ccccc2)sc2cccc(F)c12. The molecule has 4 nitrogen and oxygen atoms in total. The van der Waals surface area contributed by atoms with E-state index in [4.69, 9.17) is 10.5 Å². The topological polar surface area (TPSA) is 55.6 Å². The molecule has 1 heterocycles. The van der Waals surface area contributed by atoms with Gasteiger partial charge in [-0.2, -0.15) is 0 Å². The second kappa shape index (κ2) is 9.08. The Bertz CT molecular complexity index is 911. The Kier molecular flexibility index (Phi) is 6.55. The number of carbonyl (C=O) groups excluding carboxylic acids is 1. The number of carbonyl (C=O) groups is 1. The van der Waals surface area contributed by atoms with Crippen LogP contribution in [0.1, 0.15) is 27.2 Å². The van der Waals surface area contributed by atoms with Crippen LogP contribution in [-0.4, -0.2) is 31.0 Å². The van der Waals surface area contributed by atoms with Crippen LogP contribution in [0.4, 0.5) is 4.39 Å². The van der Waals surface area contributed by atoms with E-state index >= 15 is 0 Å². The quantitative estimate of drug-likeness (QED) is 0.632. The maximum atomic E-state index is 14.4. The number of halogens is 1. The fraction of sp³-hybridized carbons (Fsp3) is 0.286. The summed E-state index contributed by atoms with van der Waals surface area (Å²) in [4.78, 5) is 15.7. The van der Waals surface area contributed by atoms with Crippen molar-refractivity contribution in [3.05, 3.63) is 70.4 Å². The van der Waals surface area contributed by atoms with Gasteiger partial charge < -0.3 is 15.4 Å². The lowest BCUT2D eigenvalue weighted by Gasteiger charge is -2.23. The van der Waals surface area contributed by atoms with Gasteiger partial charge in [-0.3, -0.25) is 4.79 Å². The first kappa shape index (κ1) is 19.5. The minimum atomic E-state index is -0.327. The molecular weight excluding hydrogens is 363 g/mol. The van der Waals surface area contributed by atoms with Crippen molar-refractivity contribution in [3.63, 3.8) is 0 Å². The van der Waals surface area contributed by atoms with Crippen molar-refractivity contribution in [1.82, 2.24) is 4.90 Å². The largest absolute Gasteiger partial charge is 0.380 e. The van der Waals surface area contributed by atoms with Gasteiger partial charge in [0.15, 0.2) is 0 Å². The highest BCUT2D eigenvalue weighted by Crippen LogP contribution is 2.34. The molecule has 2 N–H and O–H groups in total. The number of hydrogen-bond donors (Lipinski definition) is 1. The fourth-order valence-corrected chi connectivity index (χ4v) is 4.29. The Balaban J connectivity index is 1.99. The Morgan fingerprint density at radius 1 is 1.19 bits per heavy atom. The van der Waals surface area contributed by atoms with E-state index in [9.17, 15) is 9.18 Å². The molecule has 2 aromatic carbocycles. The van der Waals surface area contributed by atoms with E-state index in [1.807, 2.05) is 36.4 Å². The minimum absolute atomic E-state index is 0.111. The standard InChI is InChI=1S/C21H23FN2O2S/c1-26-14-16-19-17(22)9-5-10-18(19)27-20(16)21(25)24(12-6-11-23)13-15-7-3-2-4-8-15/h2-5,7-10H,6,11-14,23H2,1H3. The second-order valence-corrected chi connectivity index (χ2v) is 7.36. The lowest BCUT2D eigenvalue weighted by molar-refractivity contribution is 0.0743. The highest BCUT2D eigenvalue weighted by atomic mass is 32.1. The molecule has 0 aliphatic rings. The van der Waals surface area contributed by atoms with Gasteiger partial charge >= 0.3 is 0 Å². The Hall–Kier alpha value is -2.28. The molecule has 1 aromatic heterocycles. The molecule has 0 fully saturated rings. The van der Waals surface area contributed by atoms with E-state index in [1.54, 1.807) is 18.1 Å². The molecule has 6 heteroatoms. The van der Waals surface area contributed by atoms with Crippen molar-refractivity contribution in [3.8, 4) is 0 Å². The van der Waals surface area contributed by atoms with Crippen LogP contribution in [0.3, 0.4) is 0 Å². The number of nitrogens with two attached hydrogens (primary N) is 1. The van der Waals surface area contributed by atoms with Gasteiger partial charge in [0.05, 0.1) is 11.5 Å². The van der Waals surface area contributed by atoms with Crippen LogP contribution in [0.15, 0.2) is 48.5 Å². The van der Waals surface area contributed by atoms with E-state index in [0.717, 1.165) is 10.3 Å². The third-order valence-electron chi connectivity index (χ3n) is 4.38. The van der Waals surface area contributed by atoms with Crippen molar-refractivity contribution in [2.45, 2.75) is 19.6 Å². The van der Waals surface area contributed by atoms with Gasteiger partial charge in [-0.25, -0.2) is 4.39 Å². The molecule has 0 aliphatic heterocycles. The first-order valence-corrected chi connectivity index (χ1v) is 9.69. The van der Waals surface area contributed by atoms with Crippen LogP contribution in [0.25, 0.3) is 10.1 Å². The molecule has 0 atom stereocenters. The Labute approximate surface area is 162 Å². The zero-order valence-corrected chi connectivity index (χ0v) is 16.1. The number of amides is 1. The molecule has 0 saturated carbocycles. The number of hydrogen-bond acceptors (Lipinski definition) is 4. The fourth-order valence-electron chi connectivity index (χ4n) is 3.10. The van der Waals surface area contributed by atoms with Crippen LogP contribution in [0.5, 0.6) is 0 Å². The molecule has 142 valence electrons. The molecule has 3 aromatic rings. The maximum Gasteiger partial charge on any atom is 0.264 e. The molecule has 3 rings (SSSR count). The molecule has 0 bridgehead atoms. The third kappa shape index (κ3) is 4.35. The van der Waals surface area contributed by atoms with Crippen molar-refractivity contribution in [1.29, 1.82) is 0 Å². The van der Waals surface area contributed by atoms with Crippen LogP contribution in [0, 0.1) is 5.82 Å².